The van der Waals surface area contributed by atoms with Crippen molar-refractivity contribution in [3.8, 4) is 6.07 Å². The molecule has 0 bridgehead atoms. The van der Waals surface area contributed by atoms with E-state index in [4.69, 9.17) is 0 Å². The Morgan fingerprint density at radius 3 is 2.31 bits per heavy atom. The lowest BCUT2D eigenvalue weighted by Crippen LogP contribution is -2.44. The van der Waals surface area contributed by atoms with Crippen LogP contribution in [0.5, 0.6) is 0 Å². The molecule has 1 aromatic carbocycles. The zero-order valence-corrected chi connectivity index (χ0v) is 20.0. The molecule has 0 atom stereocenters. The van der Waals surface area contributed by atoms with Crippen molar-refractivity contribution in [2.75, 3.05) is 23.4 Å². The van der Waals surface area contributed by atoms with Crippen LogP contribution in [0.4, 0.5) is 20.2 Å². The zero-order valence-electron chi connectivity index (χ0n) is 20.0. The molecule has 8 heteroatoms. The Kier molecular flexibility index (Phi) is 6.18. The van der Waals surface area contributed by atoms with E-state index in [0.717, 1.165) is 44.0 Å². The minimum atomic E-state index is -0.545. The molecule has 0 saturated heterocycles. The third-order valence-corrected chi connectivity index (χ3v) is 7.55. The summed E-state index contributed by atoms with van der Waals surface area (Å²) in [5, 5.41) is 9.33. The maximum absolute atomic E-state index is 14.0. The summed E-state index contributed by atoms with van der Waals surface area (Å²) < 4.78 is 29.5. The number of hydrogen-bond donors (Lipinski definition) is 0. The van der Waals surface area contributed by atoms with E-state index in [1.54, 1.807) is 29.8 Å². The second-order valence-corrected chi connectivity index (χ2v) is 9.90. The molecule has 182 valence electrons. The summed E-state index contributed by atoms with van der Waals surface area (Å²) in [4.78, 5) is 21.5. The quantitative estimate of drug-likeness (QED) is 0.513. The molecule has 0 N–H and O–H groups in total. The van der Waals surface area contributed by atoms with Gasteiger partial charge in [0.1, 0.15) is 28.9 Å². The van der Waals surface area contributed by atoms with Gasteiger partial charge in [0, 0.05) is 50.5 Å². The minimum absolute atomic E-state index is 0.122. The zero-order chi connectivity index (χ0) is 24.7. The van der Waals surface area contributed by atoms with Crippen LogP contribution in [-0.2, 0) is 7.05 Å². The van der Waals surface area contributed by atoms with Crippen LogP contribution >= 0.6 is 0 Å². The van der Waals surface area contributed by atoms with Crippen molar-refractivity contribution in [3.05, 3.63) is 64.1 Å². The van der Waals surface area contributed by atoms with Crippen molar-refractivity contribution in [3.63, 3.8) is 0 Å². The highest BCUT2D eigenvalue weighted by Crippen LogP contribution is 2.37. The number of anilines is 2. The first-order valence-corrected chi connectivity index (χ1v) is 12.2. The fourth-order valence-electron chi connectivity index (χ4n) is 5.35. The number of benzene rings is 1. The second-order valence-electron chi connectivity index (χ2n) is 9.90. The summed E-state index contributed by atoms with van der Waals surface area (Å²) in [6, 6.07) is 11.3. The lowest BCUT2D eigenvalue weighted by molar-refractivity contribution is 0.364. The maximum atomic E-state index is 14.0. The number of nitrogens with zero attached hydrogens (tertiary/aromatic N) is 5. The molecule has 0 amide bonds. The Morgan fingerprint density at radius 1 is 1.03 bits per heavy atom. The van der Waals surface area contributed by atoms with Gasteiger partial charge in [0.25, 0.3) is 5.56 Å². The van der Waals surface area contributed by atoms with E-state index in [9.17, 15) is 18.8 Å². The number of aromatic nitrogens is 2. The average molecular weight is 478 g/mol. The number of aryl methyl sites for hydroxylation is 1. The minimum Gasteiger partial charge on any atom is -0.370 e. The molecule has 2 saturated carbocycles. The van der Waals surface area contributed by atoms with Crippen LogP contribution in [0.3, 0.4) is 0 Å². The molecule has 0 aliphatic heterocycles. The molecule has 3 aromatic rings. The first-order valence-electron chi connectivity index (χ1n) is 12.2. The van der Waals surface area contributed by atoms with E-state index < -0.39 is 11.6 Å². The van der Waals surface area contributed by atoms with Crippen LogP contribution in [0.15, 0.2) is 41.2 Å². The van der Waals surface area contributed by atoms with Crippen molar-refractivity contribution in [2.45, 2.75) is 50.6 Å². The molecule has 2 aliphatic rings. The fraction of sp³-hybridized carbons (Fsp3) is 0.444. The number of rotatable bonds is 6. The second kappa shape index (κ2) is 9.29. The van der Waals surface area contributed by atoms with Gasteiger partial charge < -0.3 is 14.4 Å². The van der Waals surface area contributed by atoms with Gasteiger partial charge in [0.15, 0.2) is 0 Å². The Labute approximate surface area is 203 Å². The molecule has 2 aliphatic carbocycles. The predicted molar refractivity (Wildman–Crippen MR) is 133 cm³/mol. The molecule has 35 heavy (non-hydrogen) atoms. The molecule has 0 radical (unpaired) electrons. The van der Waals surface area contributed by atoms with Gasteiger partial charge in [-0.05, 0) is 68.7 Å². The third kappa shape index (κ3) is 4.72. The van der Waals surface area contributed by atoms with Gasteiger partial charge in [-0.25, -0.2) is 13.8 Å². The number of halogens is 2. The Balaban J connectivity index is 1.38. The lowest BCUT2D eigenvalue weighted by Gasteiger charge is -2.41. The summed E-state index contributed by atoms with van der Waals surface area (Å²) >= 11 is 0. The molecule has 0 unspecified atom stereocenters. The van der Waals surface area contributed by atoms with Gasteiger partial charge >= 0.3 is 0 Å². The van der Waals surface area contributed by atoms with E-state index in [1.807, 2.05) is 7.05 Å². The van der Waals surface area contributed by atoms with Gasteiger partial charge in [-0.1, -0.05) is 0 Å². The molecule has 5 rings (SSSR count). The smallest absolute Gasteiger partial charge is 0.252 e. The normalized spacial score (nSPS) is 20.0. The molecular formula is C27H29F2N5O. The first-order chi connectivity index (χ1) is 16.8. The summed E-state index contributed by atoms with van der Waals surface area (Å²) in [5.74, 6) is -0.499. The lowest BCUT2D eigenvalue weighted by atomic mass is 9.88. The average Bonchev–Trinajstić information content (AvgIpc) is 3.68. The van der Waals surface area contributed by atoms with Gasteiger partial charge in [-0.15, -0.1) is 0 Å². The number of hydrogen-bond acceptors (Lipinski definition) is 5. The van der Waals surface area contributed by atoms with E-state index >= 15 is 0 Å². The van der Waals surface area contributed by atoms with Crippen molar-refractivity contribution in [1.82, 2.24) is 9.55 Å². The van der Waals surface area contributed by atoms with E-state index in [-0.39, 0.29) is 17.6 Å². The summed E-state index contributed by atoms with van der Waals surface area (Å²) in [7, 11) is 3.68. The van der Waals surface area contributed by atoms with Gasteiger partial charge in [0.05, 0.1) is 11.2 Å². The van der Waals surface area contributed by atoms with Crippen LogP contribution in [0.2, 0.25) is 0 Å². The monoisotopic (exact) mass is 477 g/mol. The first kappa shape index (κ1) is 23.3. The highest BCUT2D eigenvalue weighted by Gasteiger charge is 2.33. The standard InChI is InChI=1S/C27H29F2N5O/c1-32(25-14-26(35)33(2)24-10-5-20(15-30)31-27(24)25)21-6-8-22(9-7-21)34(16-17-3-4-17)23-12-18(28)11-19(29)13-23/h5,10-14,17,21-22H,3-4,6-9,16H2,1-2H3/t21-,22-. The molecule has 2 aromatic heterocycles. The Bertz CT molecular complexity index is 1330. The highest BCUT2D eigenvalue weighted by atomic mass is 19.1. The predicted octanol–water partition coefficient (Wildman–Crippen LogP) is 4.75. The number of pyridine rings is 2. The largest absolute Gasteiger partial charge is 0.370 e. The van der Waals surface area contributed by atoms with E-state index in [2.05, 4.69) is 20.9 Å². The van der Waals surface area contributed by atoms with Gasteiger partial charge in [-0.2, -0.15) is 5.26 Å². The van der Waals surface area contributed by atoms with Crippen LogP contribution in [0.1, 0.15) is 44.2 Å². The van der Waals surface area contributed by atoms with Crippen LogP contribution < -0.4 is 15.4 Å². The summed E-state index contributed by atoms with van der Waals surface area (Å²) in [5.41, 5.74) is 2.87. The number of nitriles is 1. The van der Waals surface area contributed by atoms with Gasteiger partial charge in [0.2, 0.25) is 0 Å². The Morgan fingerprint density at radius 2 is 1.69 bits per heavy atom. The van der Waals surface area contributed by atoms with Crippen LogP contribution in [0.25, 0.3) is 11.0 Å². The van der Waals surface area contributed by atoms with Crippen molar-refractivity contribution >= 4 is 22.4 Å². The maximum Gasteiger partial charge on any atom is 0.252 e. The highest BCUT2D eigenvalue weighted by molar-refractivity contribution is 5.88. The molecule has 2 heterocycles. The van der Waals surface area contributed by atoms with E-state index in [1.165, 1.54) is 25.0 Å². The Hall–Kier alpha value is -3.47. The number of fused-ring (bicyclic) bond motifs is 1. The summed E-state index contributed by atoms with van der Waals surface area (Å²) in [6.45, 7) is 0.828. The van der Waals surface area contributed by atoms with Gasteiger partial charge in [-0.3, -0.25) is 4.79 Å². The van der Waals surface area contributed by atoms with Crippen LogP contribution in [0, 0.1) is 28.9 Å². The van der Waals surface area contributed by atoms with Crippen molar-refractivity contribution in [2.24, 2.45) is 13.0 Å². The molecular weight excluding hydrogens is 448 g/mol. The van der Waals surface area contributed by atoms with Crippen molar-refractivity contribution in [1.29, 1.82) is 5.26 Å². The topological polar surface area (TPSA) is 65.2 Å². The molecule has 2 fully saturated rings. The summed E-state index contributed by atoms with van der Waals surface area (Å²) in [6.07, 6.45) is 5.88. The third-order valence-electron chi connectivity index (χ3n) is 7.55. The fourth-order valence-corrected chi connectivity index (χ4v) is 5.35. The molecule has 6 nitrogen and oxygen atoms in total. The van der Waals surface area contributed by atoms with E-state index in [0.29, 0.717) is 28.3 Å². The SMILES string of the molecule is Cn1c(=O)cc(N(C)[C@H]2CC[C@H](N(CC3CC3)c3cc(F)cc(F)c3)CC2)c2nc(C#N)ccc21. The van der Waals surface area contributed by atoms with Crippen LogP contribution in [-0.4, -0.2) is 35.2 Å². The van der Waals surface area contributed by atoms with Crippen molar-refractivity contribution < 1.29 is 8.78 Å². The molecule has 0 spiro atoms.